The van der Waals surface area contributed by atoms with Gasteiger partial charge in [-0.05, 0) is 79.2 Å². The molecule has 3 aromatic carbocycles. The number of amides is 2. The molecule has 0 atom stereocenters. The van der Waals surface area contributed by atoms with Crippen LogP contribution in [-0.4, -0.2) is 45.7 Å². The standard InChI is InChI=1S/C30H28N2O7/c1-19-28(30(35)38-4)26(29(34)32(19)22-9-15-24(37-3)16-10-22)17-20-5-11-25(12-6-20)39-18-27(33)31-21-7-13-23(36-2)14-8-21/h5-17H,18H2,1-4H3,(H,31,33)/b26-17-. The Hall–Kier alpha value is -5.05. The van der Waals surface area contributed by atoms with Gasteiger partial charge in [0, 0.05) is 17.1 Å². The average molecular weight is 529 g/mol. The quantitative estimate of drug-likeness (QED) is 0.320. The summed E-state index contributed by atoms with van der Waals surface area (Å²) in [5.41, 5.74) is 2.75. The number of nitrogens with zero attached hydrogens (tertiary/aromatic N) is 1. The fourth-order valence-electron chi connectivity index (χ4n) is 4.07. The molecule has 0 saturated carbocycles. The molecule has 0 bridgehead atoms. The smallest absolute Gasteiger partial charge is 0.340 e. The molecule has 1 aliphatic rings. The molecule has 0 unspecified atom stereocenters. The third-order valence-electron chi connectivity index (χ3n) is 6.06. The lowest BCUT2D eigenvalue weighted by atomic mass is 10.0. The summed E-state index contributed by atoms with van der Waals surface area (Å²) >= 11 is 0. The number of allylic oxidation sites excluding steroid dienone is 1. The zero-order valence-electron chi connectivity index (χ0n) is 22.0. The van der Waals surface area contributed by atoms with Crippen LogP contribution < -0.4 is 24.4 Å². The van der Waals surface area contributed by atoms with Crippen LogP contribution in [0.15, 0.2) is 89.6 Å². The molecule has 4 rings (SSSR count). The van der Waals surface area contributed by atoms with Gasteiger partial charge in [0.1, 0.15) is 17.2 Å². The van der Waals surface area contributed by atoms with Gasteiger partial charge in [-0.15, -0.1) is 0 Å². The molecular formula is C30H28N2O7. The Morgan fingerprint density at radius 1 is 0.821 bits per heavy atom. The molecule has 0 saturated heterocycles. The highest BCUT2D eigenvalue weighted by Crippen LogP contribution is 2.36. The predicted octanol–water partition coefficient (Wildman–Crippen LogP) is 4.60. The third kappa shape index (κ3) is 6.10. The second kappa shape index (κ2) is 12.0. The molecule has 0 aromatic heterocycles. The van der Waals surface area contributed by atoms with Crippen molar-refractivity contribution in [3.8, 4) is 17.2 Å². The molecule has 9 heteroatoms. The minimum absolute atomic E-state index is 0.184. The number of nitrogens with one attached hydrogen (secondary N) is 1. The zero-order valence-corrected chi connectivity index (χ0v) is 22.0. The first-order valence-corrected chi connectivity index (χ1v) is 12.0. The summed E-state index contributed by atoms with van der Waals surface area (Å²) in [6.07, 6.45) is 1.63. The molecular weight excluding hydrogens is 500 g/mol. The van der Waals surface area contributed by atoms with E-state index in [-0.39, 0.29) is 29.6 Å². The molecule has 0 radical (unpaired) electrons. The number of carbonyl (C=O) groups is 3. The van der Waals surface area contributed by atoms with Crippen molar-refractivity contribution in [2.75, 3.05) is 38.2 Å². The molecule has 9 nitrogen and oxygen atoms in total. The number of anilines is 2. The van der Waals surface area contributed by atoms with E-state index in [1.165, 1.54) is 12.0 Å². The Morgan fingerprint density at radius 2 is 1.38 bits per heavy atom. The van der Waals surface area contributed by atoms with Gasteiger partial charge in [-0.3, -0.25) is 14.5 Å². The number of hydrogen-bond donors (Lipinski definition) is 1. The maximum absolute atomic E-state index is 13.4. The van der Waals surface area contributed by atoms with Crippen molar-refractivity contribution in [2.24, 2.45) is 0 Å². The topological polar surface area (TPSA) is 103 Å². The van der Waals surface area contributed by atoms with E-state index in [1.807, 2.05) is 0 Å². The maximum atomic E-state index is 13.4. The summed E-state index contributed by atoms with van der Waals surface area (Å²) in [6.45, 7) is 1.51. The van der Waals surface area contributed by atoms with Gasteiger partial charge in [0.25, 0.3) is 11.8 Å². The molecule has 1 N–H and O–H groups in total. The van der Waals surface area contributed by atoms with Crippen molar-refractivity contribution in [1.29, 1.82) is 0 Å². The highest BCUT2D eigenvalue weighted by atomic mass is 16.5. The Labute approximate surface area is 226 Å². The van der Waals surface area contributed by atoms with Gasteiger partial charge in [-0.25, -0.2) is 4.79 Å². The Balaban J connectivity index is 1.47. The molecule has 3 aromatic rings. The number of methoxy groups -OCH3 is 3. The number of carbonyl (C=O) groups excluding carboxylic acids is 3. The van der Waals surface area contributed by atoms with Crippen LogP contribution >= 0.6 is 0 Å². The molecule has 0 spiro atoms. The first-order chi connectivity index (χ1) is 18.8. The lowest BCUT2D eigenvalue weighted by Gasteiger charge is -2.18. The summed E-state index contributed by atoms with van der Waals surface area (Å²) < 4.78 is 20.9. The van der Waals surface area contributed by atoms with E-state index >= 15 is 0 Å². The minimum Gasteiger partial charge on any atom is -0.497 e. The van der Waals surface area contributed by atoms with Crippen LogP contribution in [0.25, 0.3) is 6.08 Å². The zero-order chi connectivity index (χ0) is 27.9. The van der Waals surface area contributed by atoms with Crippen LogP contribution in [0.5, 0.6) is 17.2 Å². The van der Waals surface area contributed by atoms with E-state index in [0.29, 0.717) is 39.9 Å². The summed E-state index contributed by atoms with van der Waals surface area (Å²) in [6, 6.07) is 20.8. The summed E-state index contributed by atoms with van der Waals surface area (Å²) in [7, 11) is 4.41. The Bertz CT molecular complexity index is 1420. The van der Waals surface area contributed by atoms with E-state index in [2.05, 4.69) is 5.32 Å². The lowest BCUT2D eigenvalue weighted by Crippen LogP contribution is -2.24. The van der Waals surface area contributed by atoms with Crippen molar-refractivity contribution in [3.05, 3.63) is 95.2 Å². The van der Waals surface area contributed by atoms with E-state index in [4.69, 9.17) is 18.9 Å². The molecule has 0 aliphatic carbocycles. The van der Waals surface area contributed by atoms with Crippen molar-refractivity contribution in [3.63, 3.8) is 0 Å². The fraction of sp³-hybridized carbons (Fsp3) is 0.167. The van der Waals surface area contributed by atoms with Gasteiger partial charge in [-0.1, -0.05) is 12.1 Å². The number of hydrogen-bond acceptors (Lipinski definition) is 7. The number of ether oxygens (including phenoxy) is 4. The van der Waals surface area contributed by atoms with Crippen LogP contribution in [0.3, 0.4) is 0 Å². The summed E-state index contributed by atoms with van der Waals surface area (Å²) in [5.74, 6) is 0.539. The minimum atomic E-state index is -0.606. The van der Waals surface area contributed by atoms with E-state index in [1.54, 1.807) is 100 Å². The van der Waals surface area contributed by atoms with Gasteiger partial charge < -0.3 is 24.3 Å². The highest BCUT2D eigenvalue weighted by molar-refractivity contribution is 6.23. The van der Waals surface area contributed by atoms with Crippen molar-refractivity contribution in [1.82, 2.24) is 0 Å². The maximum Gasteiger partial charge on any atom is 0.340 e. The lowest BCUT2D eigenvalue weighted by molar-refractivity contribution is -0.136. The van der Waals surface area contributed by atoms with Gasteiger partial charge >= 0.3 is 5.97 Å². The van der Waals surface area contributed by atoms with Crippen LogP contribution in [0.1, 0.15) is 12.5 Å². The van der Waals surface area contributed by atoms with E-state index < -0.39 is 5.97 Å². The van der Waals surface area contributed by atoms with Gasteiger partial charge in [0.2, 0.25) is 0 Å². The number of benzene rings is 3. The van der Waals surface area contributed by atoms with Gasteiger partial charge in [-0.2, -0.15) is 0 Å². The monoisotopic (exact) mass is 528 g/mol. The molecule has 1 aliphatic heterocycles. The van der Waals surface area contributed by atoms with Crippen LogP contribution in [0, 0.1) is 0 Å². The summed E-state index contributed by atoms with van der Waals surface area (Å²) in [4.78, 5) is 39.8. The molecule has 1 heterocycles. The highest BCUT2D eigenvalue weighted by Gasteiger charge is 2.37. The largest absolute Gasteiger partial charge is 0.497 e. The number of rotatable bonds is 9. The van der Waals surface area contributed by atoms with Gasteiger partial charge in [0.15, 0.2) is 6.61 Å². The molecule has 200 valence electrons. The van der Waals surface area contributed by atoms with Crippen LogP contribution in [-0.2, 0) is 19.1 Å². The SMILES string of the molecule is COC(=O)C1=C(C)N(c2ccc(OC)cc2)C(=O)/C1=C\c1ccc(OCC(=O)Nc2ccc(OC)cc2)cc1. The molecule has 39 heavy (non-hydrogen) atoms. The first-order valence-electron chi connectivity index (χ1n) is 12.0. The Kier molecular flexibility index (Phi) is 8.30. The predicted molar refractivity (Wildman–Crippen MR) is 147 cm³/mol. The van der Waals surface area contributed by atoms with Gasteiger partial charge in [0.05, 0.1) is 32.5 Å². The fourth-order valence-corrected chi connectivity index (χ4v) is 4.07. The Morgan fingerprint density at radius 3 is 1.95 bits per heavy atom. The third-order valence-corrected chi connectivity index (χ3v) is 6.06. The second-order valence-corrected chi connectivity index (χ2v) is 8.48. The van der Waals surface area contributed by atoms with Crippen molar-refractivity contribution in [2.45, 2.75) is 6.92 Å². The van der Waals surface area contributed by atoms with E-state index in [9.17, 15) is 14.4 Å². The average Bonchev–Trinajstić information content (AvgIpc) is 3.21. The van der Waals surface area contributed by atoms with Crippen molar-refractivity contribution < 1.29 is 33.3 Å². The van der Waals surface area contributed by atoms with Crippen molar-refractivity contribution >= 4 is 35.2 Å². The molecule has 2 amide bonds. The normalized spacial score (nSPS) is 13.9. The first kappa shape index (κ1) is 27.0. The van der Waals surface area contributed by atoms with E-state index in [0.717, 1.165) is 0 Å². The molecule has 0 fully saturated rings. The second-order valence-electron chi connectivity index (χ2n) is 8.48. The van der Waals surface area contributed by atoms with Crippen LogP contribution in [0.4, 0.5) is 11.4 Å². The number of esters is 1. The summed E-state index contributed by atoms with van der Waals surface area (Å²) in [5, 5.41) is 2.75. The van der Waals surface area contributed by atoms with Crippen LogP contribution in [0.2, 0.25) is 0 Å².